The number of hydrazine groups is 1. The zero-order valence-electron chi connectivity index (χ0n) is 21.3. The third kappa shape index (κ3) is 8.66. The van der Waals surface area contributed by atoms with Gasteiger partial charge in [0.25, 0.3) is 5.91 Å². The lowest BCUT2D eigenvalue weighted by Gasteiger charge is -2.34. The van der Waals surface area contributed by atoms with Gasteiger partial charge < -0.3 is 10.6 Å². The van der Waals surface area contributed by atoms with Gasteiger partial charge in [-0.15, -0.1) is 0 Å². The summed E-state index contributed by atoms with van der Waals surface area (Å²) in [6, 6.07) is 12.4. The second kappa shape index (κ2) is 12.6. The fraction of sp³-hybridized carbons (Fsp3) is 0.385. The molecule has 0 radical (unpaired) electrons. The Morgan fingerprint density at radius 3 is 2.05 bits per heavy atom. The summed E-state index contributed by atoms with van der Waals surface area (Å²) in [6.07, 6.45) is -3.29. The maximum Gasteiger partial charge on any atom is 0.471 e. The van der Waals surface area contributed by atoms with E-state index in [1.54, 1.807) is 59.9 Å². The highest BCUT2D eigenvalue weighted by Crippen LogP contribution is 2.23. The molecule has 0 bridgehead atoms. The van der Waals surface area contributed by atoms with Gasteiger partial charge in [0.05, 0.1) is 6.54 Å². The van der Waals surface area contributed by atoms with E-state index in [9.17, 15) is 32.8 Å². The zero-order chi connectivity index (χ0) is 28.7. The molecule has 2 N–H and O–H groups in total. The van der Waals surface area contributed by atoms with E-state index in [0.29, 0.717) is 16.1 Å². The minimum absolute atomic E-state index is 0.0138. The van der Waals surface area contributed by atoms with Crippen LogP contribution in [0, 0.1) is 16.9 Å². The fourth-order valence-corrected chi connectivity index (χ4v) is 3.63. The Labute approximate surface area is 224 Å². The van der Waals surface area contributed by atoms with Crippen LogP contribution in [0.3, 0.4) is 0 Å². The molecule has 3 amide bonds. The molecule has 0 aliphatic carbocycles. The van der Waals surface area contributed by atoms with Gasteiger partial charge in [0.15, 0.2) is 6.19 Å². The summed E-state index contributed by atoms with van der Waals surface area (Å²) >= 11 is 5.90. The highest BCUT2D eigenvalue weighted by atomic mass is 35.5. The minimum atomic E-state index is -5.20. The van der Waals surface area contributed by atoms with Gasteiger partial charge in [-0.2, -0.15) is 18.4 Å². The number of carbonyl (C=O) groups is 3. The largest absolute Gasteiger partial charge is 0.471 e. The lowest BCUT2D eigenvalue weighted by Crippen LogP contribution is -2.60. The first kappa shape index (κ1) is 30.4. The quantitative estimate of drug-likeness (QED) is 0.280. The predicted octanol–water partition coefficient (Wildman–Crippen LogP) is 3.82. The van der Waals surface area contributed by atoms with E-state index in [1.165, 1.54) is 27.8 Å². The smallest absolute Gasteiger partial charge is 0.342 e. The van der Waals surface area contributed by atoms with Crippen LogP contribution in [0.15, 0.2) is 54.6 Å². The molecule has 0 saturated heterocycles. The van der Waals surface area contributed by atoms with Gasteiger partial charge in [-0.3, -0.25) is 14.4 Å². The summed E-state index contributed by atoms with van der Waals surface area (Å²) < 4.78 is 38.8. The third-order valence-corrected chi connectivity index (χ3v) is 5.85. The van der Waals surface area contributed by atoms with Crippen molar-refractivity contribution in [3.63, 3.8) is 0 Å². The fourth-order valence-electron chi connectivity index (χ4n) is 3.51. The van der Waals surface area contributed by atoms with Crippen molar-refractivity contribution in [1.82, 2.24) is 20.7 Å². The lowest BCUT2D eigenvalue weighted by molar-refractivity contribution is -0.175. The summed E-state index contributed by atoms with van der Waals surface area (Å²) in [5, 5.41) is 16.5. The molecule has 0 aliphatic heterocycles. The third-order valence-electron chi connectivity index (χ3n) is 5.60. The molecule has 0 aliphatic rings. The molecule has 0 saturated carbocycles. The van der Waals surface area contributed by atoms with Gasteiger partial charge in [0, 0.05) is 18.5 Å². The van der Waals surface area contributed by atoms with Crippen LogP contribution in [0.2, 0.25) is 5.02 Å². The number of halogens is 4. The number of nitriles is 1. The highest BCUT2D eigenvalue weighted by molar-refractivity contribution is 6.30. The normalized spacial score (nSPS) is 13.0. The number of carbonyl (C=O) groups excluding carboxylic acids is 3. The van der Waals surface area contributed by atoms with Gasteiger partial charge >= 0.3 is 12.1 Å². The Morgan fingerprint density at radius 2 is 1.55 bits per heavy atom. The molecule has 0 spiro atoms. The number of likely N-dealkylation sites (N-methyl/N-ethyl adjacent to an activating group) is 1. The minimum Gasteiger partial charge on any atom is -0.342 e. The molecule has 0 fully saturated rings. The van der Waals surface area contributed by atoms with E-state index in [0.717, 1.165) is 10.0 Å². The molecule has 2 rings (SSSR count). The zero-order valence-corrected chi connectivity index (χ0v) is 22.1. The number of amides is 3. The van der Waals surface area contributed by atoms with Crippen molar-refractivity contribution in [2.75, 3.05) is 7.05 Å². The van der Waals surface area contributed by atoms with Crippen LogP contribution in [0.1, 0.15) is 31.9 Å². The molecule has 2 aromatic carbocycles. The Morgan fingerprint density at radius 1 is 0.974 bits per heavy atom. The molecular weight excluding hydrogens is 523 g/mol. The molecular formula is C26H29ClF3N5O3. The second-order valence-electron chi connectivity index (χ2n) is 9.67. The van der Waals surface area contributed by atoms with Crippen molar-refractivity contribution in [3.05, 3.63) is 70.7 Å². The molecule has 0 unspecified atom stereocenters. The highest BCUT2D eigenvalue weighted by Gasteiger charge is 2.44. The summed E-state index contributed by atoms with van der Waals surface area (Å²) in [4.78, 5) is 38.3. The van der Waals surface area contributed by atoms with Crippen LogP contribution >= 0.6 is 11.6 Å². The molecule has 12 heteroatoms. The van der Waals surface area contributed by atoms with Crippen LogP contribution in [-0.4, -0.2) is 53.0 Å². The van der Waals surface area contributed by atoms with E-state index in [-0.39, 0.29) is 13.0 Å². The van der Waals surface area contributed by atoms with Crippen LogP contribution in [-0.2, 0) is 27.3 Å². The Kier molecular flexibility index (Phi) is 10.1. The average molecular weight is 552 g/mol. The van der Waals surface area contributed by atoms with E-state index in [2.05, 4.69) is 5.32 Å². The van der Waals surface area contributed by atoms with Crippen molar-refractivity contribution in [2.24, 2.45) is 5.41 Å². The molecule has 2 aromatic rings. The number of hydrogen-bond donors (Lipinski definition) is 2. The Balaban J connectivity index is 2.33. The molecule has 38 heavy (non-hydrogen) atoms. The SMILES string of the molecule is CN(C(=O)[C@H](Cc1ccccc1)NC(=O)[C@@H](NC(=O)C(F)(F)F)C(C)(C)C)N(C#N)Cc1ccc(Cl)cc1. The first-order valence-corrected chi connectivity index (χ1v) is 11.9. The maximum atomic E-state index is 13.5. The first-order valence-electron chi connectivity index (χ1n) is 11.5. The van der Waals surface area contributed by atoms with Gasteiger partial charge in [0.1, 0.15) is 12.1 Å². The number of nitrogens with one attached hydrogen (secondary N) is 2. The van der Waals surface area contributed by atoms with E-state index in [4.69, 9.17) is 11.6 Å². The van der Waals surface area contributed by atoms with Crippen molar-refractivity contribution in [1.29, 1.82) is 5.26 Å². The summed E-state index contributed by atoms with van der Waals surface area (Å²) in [6.45, 7) is 4.47. The van der Waals surface area contributed by atoms with Gasteiger partial charge in [-0.25, -0.2) is 10.0 Å². The lowest BCUT2D eigenvalue weighted by atomic mass is 9.85. The van der Waals surface area contributed by atoms with Crippen LogP contribution in [0.5, 0.6) is 0 Å². The predicted molar refractivity (Wildman–Crippen MR) is 135 cm³/mol. The molecule has 8 nitrogen and oxygen atoms in total. The van der Waals surface area contributed by atoms with E-state index >= 15 is 0 Å². The van der Waals surface area contributed by atoms with Gasteiger partial charge in [-0.1, -0.05) is 74.8 Å². The first-order chi connectivity index (χ1) is 17.6. The standard InChI is InChI=1S/C26H29ClF3N5O3/c1-25(2,3)21(33-24(38)26(28,29)30)22(36)32-20(14-17-8-6-5-7-9-17)23(37)34(4)35(16-31)15-18-10-12-19(27)13-11-18/h5-13,20-21H,14-15H2,1-4H3,(H,32,36)(H,33,38)/t20-,21+/m0/s1. The van der Waals surface area contributed by atoms with Gasteiger partial charge in [-0.05, 0) is 28.7 Å². The molecule has 0 aromatic heterocycles. The van der Waals surface area contributed by atoms with Crippen LogP contribution in [0.4, 0.5) is 13.2 Å². The van der Waals surface area contributed by atoms with Crippen LogP contribution < -0.4 is 10.6 Å². The second-order valence-corrected chi connectivity index (χ2v) is 10.1. The maximum absolute atomic E-state index is 13.5. The number of hydrogen-bond acceptors (Lipinski definition) is 5. The van der Waals surface area contributed by atoms with Crippen molar-refractivity contribution in [2.45, 2.75) is 52.0 Å². The monoisotopic (exact) mass is 551 g/mol. The van der Waals surface area contributed by atoms with Crippen molar-refractivity contribution < 1.29 is 27.6 Å². The summed E-state index contributed by atoms with van der Waals surface area (Å²) in [5.74, 6) is -3.93. The molecule has 204 valence electrons. The van der Waals surface area contributed by atoms with Crippen molar-refractivity contribution >= 4 is 29.3 Å². The number of rotatable bonds is 9. The number of nitrogens with zero attached hydrogens (tertiary/aromatic N) is 3. The average Bonchev–Trinajstić information content (AvgIpc) is 2.84. The van der Waals surface area contributed by atoms with Crippen LogP contribution in [0.25, 0.3) is 0 Å². The molecule has 2 atom stereocenters. The summed E-state index contributed by atoms with van der Waals surface area (Å²) in [5.41, 5.74) is 0.221. The Hall–Kier alpha value is -3.78. The Bertz CT molecular complexity index is 1160. The van der Waals surface area contributed by atoms with Crippen molar-refractivity contribution in [3.8, 4) is 6.19 Å². The van der Waals surface area contributed by atoms with E-state index in [1.807, 2.05) is 6.19 Å². The van der Waals surface area contributed by atoms with Gasteiger partial charge in [0.2, 0.25) is 5.91 Å². The topological polar surface area (TPSA) is 106 Å². The number of benzene rings is 2. The number of alkyl halides is 3. The van der Waals surface area contributed by atoms with E-state index < -0.39 is 41.4 Å². The molecule has 0 heterocycles. The summed E-state index contributed by atoms with van der Waals surface area (Å²) in [7, 11) is 1.35.